The number of nitrogens with one attached hydrogen (secondary N) is 1. The highest BCUT2D eigenvalue weighted by Crippen LogP contribution is 2.43. The smallest absolute Gasteiger partial charge is 0.230 e. The van der Waals surface area contributed by atoms with Crippen LogP contribution in [0.1, 0.15) is 42.0 Å². The van der Waals surface area contributed by atoms with Crippen molar-refractivity contribution in [2.24, 2.45) is 0 Å². The molecule has 1 aliphatic rings. The van der Waals surface area contributed by atoms with E-state index in [1.54, 1.807) is 13.2 Å². The molecule has 0 saturated heterocycles. The Morgan fingerprint density at radius 2 is 1.79 bits per heavy atom. The highest BCUT2D eigenvalue weighted by atomic mass is 19.1. The number of hydrogen-bond donors (Lipinski definition) is 1. The third-order valence-electron chi connectivity index (χ3n) is 7.14. The maximum Gasteiger partial charge on any atom is 0.230 e. The van der Waals surface area contributed by atoms with Gasteiger partial charge < -0.3 is 15.0 Å². The number of rotatable bonds is 10. The van der Waals surface area contributed by atoms with Crippen LogP contribution in [0.3, 0.4) is 0 Å². The third kappa shape index (κ3) is 5.47. The summed E-state index contributed by atoms with van der Waals surface area (Å²) in [4.78, 5) is 12.1. The van der Waals surface area contributed by atoms with Crippen molar-refractivity contribution in [3.05, 3.63) is 107 Å². The molecule has 4 aromatic rings. The van der Waals surface area contributed by atoms with Gasteiger partial charge >= 0.3 is 0 Å². The van der Waals surface area contributed by atoms with Crippen molar-refractivity contribution in [3.8, 4) is 11.3 Å². The first-order chi connectivity index (χ1) is 18.6. The molecule has 1 heterocycles. The summed E-state index contributed by atoms with van der Waals surface area (Å²) < 4.78 is 19.9. The van der Waals surface area contributed by atoms with Crippen molar-refractivity contribution >= 4 is 11.6 Å². The van der Waals surface area contributed by atoms with Gasteiger partial charge in [-0.05, 0) is 73.7 Å². The van der Waals surface area contributed by atoms with Gasteiger partial charge in [-0.25, -0.2) is 14.4 Å². The first-order valence-corrected chi connectivity index (χ1v) is 13.3. The van der Waals surface area contributed by atoms with E-state index in [9.17, 15) is 4.39 Å². The molecule has 5 rings (SSSR count). The predicted octanol–water partition coefficient (Wildman–Crippen LogP) is 6.30. The van der Waals surface area contributed by atoms with Crippen molar-refractivity contribution in [2.75, 3.05) is 31.7 Å². The number of aromatic nitrogens is 2. The van der Waals surface area contributed by atoms with Crippen LogP contribution in [-0.4, -0.2) is 42.8 Å². The van der Waals surface area contributed by atoms with Crippen LogP contribution in [0, 0.1) is 5.82 Å². The highest BCUT2D eigenvalue weighted by molar-refractivity contribution is 5.73. The zero-order valence-electron chi connectivity index (χ0n) is 22.3. The first-order valence-electron chi connectivity index (χ1n) is 13.3. The van der Waals surface area contributed by atoms with E-state index in [1.165, 1.54) is 11.6 Å². The second-order valence-corrected chi connectivity index (χ2v) is 10.0. The fourth-order valence-corrected chi connectivity index (χ4v) is 5.32. The molecule has 3 aromatic carbocycles. The lowest BCUT2D eigenvalue weighted by molar-refractivity contribution is 0.199. The summed E-state index contributed by atoms with van der Waals surface area (Å²) in [5, 5.41) is 3.41. The number of hydrogen-bond acceptors (Lipinski definition) is 5. The summed E-state index contributed by atoms with van der Waals surface area (Å²) in [5.74, 6) is 0.436. The molecule has 0 saturated carbocycles. The zero-order chi connectivity index (χ0) is 26.5. The summed E-state index contributed by atoms with van der Waals surface area (Å²) in [7, 11) is 1.72. The lowest BCUT2D eigenvalue weighted by atomic mass is 9.78. The molecule has 0 amide bonds. The monoisotopic (exact) mass is 510 g/mol. The number of fused-ring (bicyclic) bond motifs is 3. The molecule has 5 nitrogen and oxygen atoms in total. The molecule has 0 radical (unpaired) electrons. The fourth-order valence-electron chi connectivity index (χ4n) is 5.32. The van der Waals surface area contributed by atoms with Crippen molar-refractivity contribution in [1.29, 1.82) is 0 Å². The van der Waals surface area contributed by atoms with Crippen LogP contribution in [0.2, 0.25) is 0 Å². The minimum atomic E-state index is -0.173. The minimum absolute atomic E-state index is 0.0651. The summed E-state index contributed by atoms with van der Waals surface area (Å²) in [6.45, 7) is 6.76. The van der Waals surface area contributed by atoms with Crippen LogP contribution in [-0.2, 0) is 17.6 Å². The van der Waals surface area contributed by atoms with E-state index in [2.05, 4.69) is 60.5 Å². The molecule has 0 bridgehead atoms. The number of halogens is 1. The Hall–Kier alpha value is -3.61. The van der Waals surface area contributed by atoms with Gasteiger partial charge in [0.1, 0.15) is 5.82 Å². The average Bonchev–Trinajstić information content (AvgIpc) is 2.93. The van der Waals surface area contributed by atoms with E-state index in [0.29, 0.717) is 24.5 Å². The van der Waals surface area contributed by atoms with Crippen molar-refractivity contribution < 1.29 is 9.13 Å². The number of ether oxygens (including phenoxy) is 1. The molecule has 0 aliphatic heterocycles. The number of benzene rings is 3. The minimum Gasteiger partial charge on any atom is -0.383 e. The number of anilines is 2. The quantitative estimate of drug-likeness (QED) is 0.254. The van der Waals surface area contributed by atoms with Crippen LogP contribution in [0.4, 0.5) is 16.0 Å². The van der Waals surface area contributed by atoms with E-state index in [0.717, 1.165) is 47.6 Å². The first kappa shape index (κ1) is 26.0. The summed E-state index contributed by atoms with van der Waals surface area (Å²) in [6.07, 6.45) is 3.53. The maximum absolute atomic E-state index is 14.8. The molecule has 1 unspecified atom stereocenters. The Balaban J connectivity index is 1.47. The van der Waals surface area contributed by atoms with Crippen LogP contribution in [0.5, 0.6) is 0 Å². The summed E-state index contributed by atoms with van der Waals surface area (Å²) >= 11 is 0. The van der Waals surface area contributed by atoms with E-state index in [1.807, 2.05) is 30.5 Å². The number of nitrogens with zero attached hydrogens (tertiary/aromatic N) is 3. The lowest BCUT2D eigenvalue weighted by Crippen LogP contribution is -2.28. The Labute approximate surface area is 224 Å². The van der Waals surface area contributed by atoms with E-state index in [-0.39, 0.29) is 17.8 Å². The van der Waals surface area contributed by atoms with Crippen molar-refractivity contribution in [2.45, 2.75) is 38.6 Å². The third-order valence-corrected chi connectivity index (χ3v) is 7.14. The van der Waals surface area contributed by atoms with Gasteiger partial charge in [0.05, 0.1) is 12.3 Å². The Bertz CT molecular complexity index is 1390. The van der Waals surface area contributed by atoms with Gasteiger partial charge in [-0.1, -0.05) is 54.6 Å². The van der Waals surface area contributed by atoms with Gasteiger partial charge in [0.2, 0.25) is 5.95 Å². The largest absolute Gasteiger partial charge is 0.383 e. The number of methoxy groups -OCH3 is 1. The highest BCUT2D eigenvalue weighted by Gasteiger charge is 2.30. The molecular formula is C32H35FN4O. The molecule has 1 aromatic heterocycles. The van der Waals surface area contributed by atoms with Crippen molar-refractivity contribution in [1.82, 2.24) is 15.3 Å². The molecule has 0 fully saturated rings. The normalized spacial score (nSPS) is 14.3. The Morgan fingerprint density at radius 3 is 2.58 bits per heavy atom. The van der Waals surface area contributed by atoms with E-state index < -0.39 is 0 Å². The van der Waals surface area contributed by atoms with Gasteiger partial charge in [0.25, 0.3) is 0 Å². The fraction of sp³-hybridized carbons (Fsp3) is 0.312. The van der Waals surface area contributed by atoms with Gasteiger partial charge in [0.15, 0.2) is 0 Å². The predicted molar refractivity (Wildman–Crippen MR) is 152 cm³/mol. The molecular weight excluding hydrogens is 475 g/mol. The molecule has 196 valence electrons. The summed E-state index contributed by atoms with van der Waals surface area (Å²) in [6, 6.07) is 24.1. The van der Waals surface area contributed by atoms with Gasteiger partial charge in [-0.2, -0.15) is 0 Å². The lowest BCUT2D eigenvalue weighted by Gasteiger charge is -2.31. The molecule has 38 heavy (non-hydrogen) atoms. The van der Waals surface area contributed by atoms with Gasteiger partial charge in [0, 0.05) is 43.1 Å². The van der Waals surface area contributed by atoms with Crippen LogP contribution >= 0.6 is 0 Å². The van der Waals surface area contributed by atoms with E-state index >= 15 is 0 Å². The van der Waals surface area contributed by atoms with Crippen molar-refractivity contribution in [3.63, 3.8) is 0 Å². The average molecular weight is 511 g/mol. The van der Waals surface area contributed by atoms with Crippen LogP contribution in [0.15, 0.2) is 79.0 Å². The molecule has 6 heteroatoms. The second kappa shape index (κ2) is 11.8. The zero-order valence-corrected chi connectivity index (χ0v) is 22.3. The topological polar surface area (TPSA) is 50.3 Å². The SMILES string of the molecule is COCCNCCc1cccc(N(c2ncc3c(n2)-c2ccccc2C(c2ccccc2F)C3)C(C)C)c1. The van der Waals surface area contributed by atoms with Gasteiger partial charge in [-0.3, -0.25) is 0 Å². The maximum atomic E-state index is 14.8. The second-order valence-electron chi connectivity index (χ2n) is 10.0. The van der Waals surface area contributed by atoms with Gasteiger partial charge in [-0.15, -0.1) is 0 Å². The summed E-state index contributed by atoms with van der Waals surface area (Å²) in [5.41, 5.74) is 7.17. The van der Waals surface area contributed by atoms with Crippen LogP contribution in [0.25, 0.3) is 11.3 Å². The molecule has 0 spiro atoms. The molecule has 1 N–H and O–H groups in total. The standard InChI is InChI=1S/C32H35FN4O/c1-22(2)37(25-10-8-9-23(19-25)15-16-34-17-18-38-3)32-35-21-24-20-29(27-12-6-7-14-30(27)33)26-11-4-5-13-28(26)31(24)36-32/h4-14,19,21-22,29,34H,15-18,20H2,1-3H3. The Morgan fingerprint density at radius 1 is 1.00 bits per heavy atom. The van der Waals surface area contributed by atoms with E-state index in [4.69, 9.17) is 14.7 Å². The Kier molecular flexibility index (Phi) is 8.11. The van der Waals surface area contributed by atoms with Crippen LogP contribution < -0.4 is 10.2 Å². The molecule has 1 atom stereocenters. The molecule has 1 aliphatic carbocycles.